The molecule has 5 rings (SSSR count). The minimum atomic E-state index is -0.118. The monoisotopic (exact) mass is 385 g/mol. The van der Waals surface area contributed by atoms with Gasteiger partial charge in [0.15, 0.2) is 5.69 Å². The highest BCUT2D eigenvalue weighted by Gasteiger charge is 2.42. The zero-order valence-corrected chi connectivity index (χ0v) is 15.6. The van der Waals surface area contributed by atoms with E-state index in [4.69, 9.17) is 16.3 Å². The predicted octanol–water partition coefficient (Wildman–Crippen LogP) is 1.25. The summed E-state index contributed by atoms with van der Waals surface area (Å²) in [6, 6.07) is 5.34. The Morgan fingerprint density at radius 1 is 1.37 bits per heavy atom. The molecule has 1 aromatic heterocycles. The van der Waals surface area contributed by atoms with Gasteiger partial charge in [0, 0.05) is 30.7 Å². The molecule has 9 heteroatoms. The maximum absolute atomic E-state index is 12.8. The standard InChI is InChI=1S/C18H17ClN6O2/c1-10-12(5-6-27-10)14-8-25(22-21-14)16-17-23(2)18(26)13-7-11(19)3-4-15(13)24(17)9-20-16/h3-4,7-10,12H,5-6H2,1-2H3/p+1. The number of quaternary nitrogens is 1. The topological polar surface area (TPSA) is 77.0 Å². The van der Waals surface area contributed by atoms with Crippen LogP contribution in [0.4, 0.5) is 5.69 Å². The van der Waals surface area contributed by atoms with Gasteiger partial charge in [0.25, 0.3) is 11.7 Å². The van der Waals surface area contributed by atoms with Gasteiger partial charge < -0.3 is 4.74 Å². The minimum Gasteiger partial charge on any atom is -0.378 e. The van der Waals surface area contributed by atoms with E-state index in [-0.39, 0.29) is 17.9 Å². The number of aromatic nitrogens is 3. The van der Waals surface area contributed by atoms with Crippen LogP contribution >= 0.6 is 11.6 Å². The van der Waals surface area contributed by atoms with Gasteiger partial charge in [-0.2, -0.15) is 9.67 Å². The Bertz CT molecular complexity index is 1010. The molecular weight excluding hydrogens is 368 g/mol. The molecule has 1 aromatic carbocycles. The maximum Gasteiger partial charge on any atom is 0.268 e. The summed E-state index contributed by atoms with van der Waals surface area (Å²) in [5.74, 6) is 1.42. The average Bonchev–Trinajstić information content (AvgIpc) is 3.37. The van der Waals surface area contributed by atoms with Crippen molar-refractivity contribution in [1.29, 1.82) is 0 Å². The number of rotatable bonds is 2. The molecule has 1 N–H and O–H groups in total. The van der Waals surface area contributed by atoms with Crippen molar-refractivity contribution in [1.82, 2.24) is 19.9 Å². The number of hydrogen-bond acceptors (Lipinski definition) is 5. The molecule has 4 heterocycles. The van der Waals surface area contributed by atoms with Crippen molar-refractivity contribution in [3.63, 3.8) is 0 Å². The van der Waals surface area contributed by atoms with Crippen molar-refractivity contribution in [3.8, 4) is 0 Å². The number of aliphatic imine (C=N–C) groups is 1. The number of nitrogens with zero attached hydrogens (tertiary/aromatic N) is 5. The van der Waals surface area contributed by atoms with Crippen LogP contribution in [0.3, 0.4) is 0 Å². The Morgan fingerprint density at radius 3 is 3.00 bits per heavy atom. The first kappa shape index (κ1) is 16.6. The molecule has 1 fully saturated rings. The first-order valence-corrected chi connectivity index (χ1v) is 9.20. The van der Waals surface area contributed by atoms with E-state index in [1.165, 1.54) is 0 Å². The van der Waals surface area contributed by atoms with Crippen molar-refractivity contribution in [3.05, 3.63) is 46.5 Å². The van der Waals surface area contributed by atoms with Crippen molar-refractivity contribution in [2.75, 3.05) is 13.7 Å². The second-order valence-corrected chi connectivity index (χ2v) is 7.39. The lowest BCUT2D eigenvalue weighted by Crippen LogP contribution is -3.06. The van der Waals surface area contributed by atoms with E-state index < -0.39 is 0 Å². The third kappa shape index (κ3) is 2.44. The van der Waals surface area contributed by atoms with Crippen LogP contribution < -0.4 is 4.90 Å². The van der Waals surface area contributed by atoms with E-state index in [9.17, 15) is 4.79 Å². The number of hydrogen-bond donors (Lipinski definition) is 1. The second-order valence-electron chi connectivity index (χ2n) is 6.96. The lowest BCUT2D eigenvalue weighted by Gasteiger charge is -2.28. The molecule has 3 aliphatic rings. The summed E-state index contributed by atoms with van der Waals surface area (Å²) in [5.41, 5.74) is 2.29. The second kappa shape index (κ2) is 5.98. The number of amides is 1. The first-order chi connectivity index (χ1) is 13.0. The summed E-state index contributed by atoms with van der Waals surface area (Å²) >= 11 is 6.08. The largest absolute Gasteiger partial charge is 0.378 e. The van der Waals surface area contributed by atoms with Crippen LogP contribution in [0.25, 0.3) is 5.82 Å². The van der Waals surface area contributed by atoms with Crippen molar-refractivity contribution < 1.29 is 14.4 Å². The van der Waals surface area contributed by atoms with Crippen molar-refractivity contribution in [2.45, 2.75) is 25.4 Å². The summed E-state index contributed by atoms with van der Waals surface area (Å²) in [7, 11) is 1.74. The summed E-state index contributed by atoms with van der Waals surface area (Å²) in [4.78, 5) is 19.9. The smallest absolute Gasteiger partial charge is 0.268 e. The van der Waals surface area contributed by atoms with Gasteiger partial charge in [-0.3, -0.25) is 9.69 Å². The number of halogens is 1. The number of fused-ring (bicyclic) bond motifs is 3. The van der Waals surface area contributed by atoms with Crippen LogP contribution in [-0.2, 0) is 4.74 Å². The molecule has 1 saturated heterocycles. The van der Waals surface area contributed by atoms with E-state index >= 15 is 0 Å². The molecule has 0 aliphatic carbocycles. The fourth-order valence-corrected chi connectivity index (χ4v) is 4.12. The van der Waals surface area contributed by atoms with Crippen LogP contribution in [-0.4, -0.2) is 51.9 Å². The highest BCUT2D eigenvalue weighted by molar-refractivity contribution is 6.31. The van der Waals surface area contributed by atoms with Crippen LogP contribution in [0, 0.1) is 0 Å². The minimum absolute atomic E-state index is 0.118. The number of carbonyl (C=O) groups excluding carboxylic acids is 1. The van der Waals surface area contributed by atoms with E-state index in [0.717, 1.165) is 35.1 Å². The molecule has 0 saturated carbocycles. The van der Waals surface area contributed by atoms with Gasteiger partial charge in [-0.15, -0.1) is 5.10 Å². The highest BCUT2D eigenvalue weighted by Crippen LogP contribution is 2.31. The number of nitrogens with one attached hydrogen (secondary N) is 1. The molecule has 27 heavy (non-hydrogen) atoms. The molecule has 3 aliphatic heterocycles. The zero-order chi connectivity index (χ0) is 18.7. The molecule has 3 atom stereocenters. The van der Waals surface area contributed by atoms with E-state index in [1.807, 2.05) is 19.2 Å². The summed E-state index contributed by atoms with van der Waals surface area (Å²) in [6.45, 7) is 2.78. The Kier molecular flexibility index (Phi) is 3.68. The van der Waals surface area contributed by atoms with Crippen LogP contribution in [0.15, 0.2) is 35.2 Å². The van der Waals surface area contributed by atoms with E-state index in [2.05, 4.69) is 15.3 Å². The quantitative estimate of drug-likeness (QED) is 0.844. The summed E-state index contributed by atoms with van der Waals surface area (Å²) in [5, 5.41) is 9.13. The molecule has 138 valence electrons. The van der Waals surface area contributed by atoms with Gasteiger partial charge in [-0.1, -0.05) is 16.8 Å². The molecule has 0 spiro atoms. The van der Waals surface area contributed by atoms with Crippen LogP contribution in [0.2, 0.25) is 5.02 Å². The normalized spacial score (nSPS) is 26.7. The van der Waals surface area contributed by atoms with Crippen LogP contribution in [0.5, 0.6) is 0 Å². The van der Waals surface area contributed by atoms with Crippen molar-refractivity contribution in [2.24, 2.45) is 4.99 Å². The Labute approximate surface area is 160 Å². The fraction of sp³-hybridized carbons (Fsp3) is 0.333. The first-order valence-electron chi connectivity index (χ1n) is 8.82. The molecule has 0 radical (unpaired) electrons. The van der Waals surface area contributed by atoms with Crippen molar-refractivity contribution >= 4 is 35.4 Å². The van der Waals surface area contributed by atoms with E-state index in [0.29, 0.717) is 16.4 Å². The molecule has 8 nitrogen and oxygen atoms in total. The van der Waals surface area contributed by atoms with Gasteiger partial charge in [-0.05, 0) is 25.5 Å². The van der Waals surface area contributed by atoms with Gasteiger partial charge in [0.2, 0.25) is 12.2 Å². The Hall–Kier alpha value is -2.55. The SMILES string of the molecule is CC1OCCC1c1cn(C2=C3N(C)C(=O)c4cc(Cl)ccc4[NH+]3C=N2)nn1. The lowest BCUT2D eigenvalue weighted by atomic mass is 10.00. The third-order valence-corrected chi connectivity index (χ3v) is 5.64. The zero-order valence-electron chi connectivity index (χ0n) is 14.9. The lowest BCUT2D eigenvalue weighted by molar-refractivity contribution is -0.685. The average molecular weight is 386 g/mol. The summed E-state index contributed by atoms with van der Waals surface area (Å²) in [6.07, 6.45) is 4.70. The highest BCUT2D eigenvalue weighted by atomic mass is 35.5. The molecule has 1 amide bonds. The van der Waals surface area contributed by atoms with Gasteiger partial charge >= 0.3 is 0 Å². The fourth-order valence-electron chi connectivity index (χ4n) is 3.94. The third-order valence-electron chi connectivity index (χ3n) is 5.41. The summed E-state index contributed by atoms with van der Waals surface area (Å²) < 4.78 is 7.28. The number of benzene rings is 1. The number of carbonyl (C=O) groups is 1. The van der Waals surface area contributed by atoms with Crippen LogP contribution in [0.1, 0.15) is 35.3 Å². The predicted molar refractivity (Wildman–Crippen MR) is 98.7 cm³/mol. The maximum atomic E-state index is 12.8. The molecule has 0 bridgehead atoms. The van der Waals surface area contributed by atoms with Gasteiger partial charge in [-0.25, -0.2) is 4.90 Å². The number of ether oxygens (including phenoxy) is 1. The Balaban J connectivity index is 1.58. The van der Waals surface area contributed by atoms with E-state index in [1.54, 1.807) is 35.1 Å². The van der Waals surface area contributed by atoms with Gasteiger partial charge in [0.1, 0.15) is 5.56 Å². The molecular formula is C18H18ClN6O2+. The molecule has 3 unspecified atom stereocenters. The van der Waals surface area contributed by atoms with Gasteiger partial charge in [0.05, 0.1) is 18.0 Å². The molecule has 2 aromatic rings. The Morgan fingerprint density at radius 2 is 2.22 bits per heavy atom.